The number of nitrogens with one attached hydrogen (secondary N) is 1. The highest BCUT2D eigenvalue weighted by Gasteiger charge is 2.24. The average Bonchev–Trinajstić information content (AvgIpc) is 2.43. The van der Waals surface area contributed by atoms with Crippen molar-refractivity contribution in [1.29, 1.82) is 0 Å². The van der Waals surface area contributed by atoms with Crippen molar-refractivity contribution in [2.75, 3.05) is 11.5 Å². The van der Waals surface area contributed by atoms with Crippen molar-refractivity contribution in [1.82, 2.24) is 10.3 Å². The normalized spacial score (nSPS) is 22.6. The molecule has 8 heteroatoms. The van der Waals surface area contributed by atoms with Gasteiger partial charge in [-0.1, -0.05) is 5.16 Å². The van der Waals surface area contributed by atoms with Gasteiger partial charge in [0.15, 0.2) is 15.7 Å². The Morgan fingerprint density at radius 1 is 1.60 bits per heavy atom. The highest BCUT2D eigenvalue weighted by atomic mass is 32.2. The second-order valence-electron chi connectivity index (χ2n) is 4.87. The van der Waals surface area contributed by atoms with E-state index in [4.69, 9.17) is 10.9 Å². The van der Waals surface area contributed by atoms with Crippen molar-refractivity contribution in [3.63, 3.8) is 0 Å². The van der Waals surface area contributed by atoms with Gasteiger partial charge >= 0.3 is 0 Å². The van der Waals surface area contributed by atoms with E-state index in [1.807, 2.05) is 0 Å². The third-order valence-corrected chi connectivity index (χ3v) is 5.07. The Kier molecular flexibility index (Phi) is 4.56. The Hall–Kier alpha value is -1.67. The zero-order valence-corrected chi connectivity index (χ0v) is 11.8. The molecule has 1 saturated heterocycles. The molecule has 2 heterocycles. The van der Waals surface area contributed by atoms with Crippen LogP contribution in [0.15, 0.2) is 23.5 Å². The molecule has 20 heavy (non-hydrogen) atoms. The van der Waals surface area contributed by atoms with E-state index in [9.17, 15) is 8.42 Å². The fraction of sp³-hybridized carbons (Fsp3) is 0.500. The topological polar surface area (TPSA) is 118 Å². The minimum absolute atomic E-state index is 0.0192. The van der Waals surface area contributed by atoms with E-state index in [-0.39, 0.29) is 23.4 Å². The SMILES string of the molecule is NC(=NO)c1cc(CNC2CCCS(=O)(=O)C2)ccn1. The van der Waals surface area contributed by atoms with Crippen molar-refractivity contribution in [2.24, 2.45) is 10.9 Å². The van der Waals surface area contributed by atoms with Gasteiger partial charge in [0.1, 0.15) is 5.69 Å². The van der Waals surface area contributed by atoms with Gasteiger partial charge in [-0.15, -0.1) is 0 Å². The fourth-order valence-electron chi connectivity index (χ4n) is 2.22. The first-order chi connectivity index (χ1) is 9.50. The molecule has 2 rings (SSSR count). The summed E-state index contributed by atoms with van der Waals surface area (Å²) in [6, 6.07) is 3.49. The quantitative estimate of drug-likeness (QED) is 0.308. The number of amidine groups is 1. The number of hydrogen-bond donors (Lipinski definition) is 3. The van der Waals surface area contributed by atoms with E-state index in [1.165, 1.54) is 0 Å². The average molecular weight is 298 g/mol. The highest BCUT2D eigenvalue weighted by molar-refractivity contribution is 7.91. The van der Waals surface area contributed by atoms with Crippen LogP contribution >= 0.6 is 0 Å². The van der Waals surface area contributed by atoms with E-state index < -0.39 is 9.84 Å². The van der Waals surface area contributed by atoms with Crippen molar-refractivity contribution in [3.05, 3.63) is 29.6 Å². The number of aromatic nitrogens is 1. The van der Waals surface area contributed by atoms with Gasteiger partial charge in [0.05, 0.1) is 11.5 Å². The smallest absolute Gasteiger partial charge is 0.188 e. The Bertz CT molecular complexity index is 600. The predicted molar refractivity (Wildman–Crippen MR) is 75.3 cm³/mol. The van der Waals surface area contributed by atoms with Crippen LogP contribution in [0.2, 0.25) is 0 Å². The molecular weight excluding hydrogens is 280 g/mol. The maximum Gasteiger partial charge on any atom is 0.188 e. The predicted octanol–water partition coefficient (Wildman–Crippen LogP) is -0.157. The largest absolute Gasteiger partial charge is 0.409 e. The first kappa shape index (κ1) is 14.7. The van der Waals surface area contributed by atoms with E-state index in [0.717, 1.165) is 12.0 Å². The van der Waals surface area contributed by atoms with Crippen LogP contribution in [0, 0.1) is 0 Å². The lowest BCUT2D eigenvalue weighted by Gasteiger charge is -2.23. The summed E-state index contributed by atoms with van der Waals surface area (Å²) in [6.07, 6.45) is 3.13. The summed E-state index contributed by atoms with van der Waals surface area (Å²) in [5.74, 6) is 0.423. The van der Waals surface area contributed by atoms with Gasteiger partial charge < -0.3 is 16.3 Å². The molecule has 1 aliphatic rings. The number of nitrogens with two attached hydrogens (primary N) is 1. The summed E-state index contributed by atoms with van der Waals surface area (Å²) in [7, 11) is -2.91. The van der Waals surface area contributed by atoms with Gasteiger partial charge in [0, 0.05) is 18.8 Å². The summed E-state index contributed by atoms with van der Waals surface area (Å²) < 4.78 is 23.1. The monoisotopic (exact) mass is 298 g/mol. The minimum Gasteiger partial charge on any atom is -0.409 e. The molecule has 0 aromatic carbocycles. The standard InChI is InChI=1S/C12H18N4O3S/c13-12(16-17)11-6-9(3-4-14-11)7-15-10-2-1-5-20(18,19)8-10/h3-4,6,10,15,17H,1-2,5,7-8H2,(H2,13,16). The van der Waals surface area contributed by atoms with Crippen LogP contribution in [0.1, 0.15) is 24.1 Å². The van der Waals surface area contributed by atoms with Crippen LogP contribution in [0.4, 0.5) is 0 Å². The van der Waals surface area contributed by atoms with Gasteiger partial charge in [0.2, 0.25) is 0 Å². The molecule has 4 N–H and O–H groups in total. The Morgan fingerprint density at radius 2 is 2.40 bits per heavy atom. The first-order valence-electron chi connectivity index (χ1n) is 6.37. The molecule has 1 atom stereocenters. The van der Waals surface area contributed by atoms with Gasteiger partial charge in [-0.25, -0.2) is 8.42 Å². The van der Waals surface area contributed by atoms with E-state index in [2.05, 4.69) is 15.5 Å². The molecule has 1 aliphatic heterocycles. The molecular formula is C12H18N4O3S. The molecule has 1 unspecified atom stereocenters. The van der Waals surface area contributed by atoms with E-state index in [0.29, 0.717) is 18.7 Å². The summed E-state index contributed by atoms with van der Waals surface area (Å²) in [6.45, 7) is 0.522. The van der Waals surface area contributed by atoms with Crippen LogP contribution in [0.25, 0.3) is 0 Å². The number of sulfone groups is 1. The fourth-order valence-corrected chi connectivity index (χ4v) is 3.89. The van der Waals surface area contributed by atoms with Crippen molar-refractivity contribution in [2.45, 2.75) is 25.4 Å². The number of pyridine rings is 1. The number of oxime groups is 1. The molecule has 0 spiro atoms. The van der Waals surface area contributed by atoms with Crippen LogP contribution < -0.4 is 11.1 Å². The van der Waals surface area contributed by atoms with E-state index in [1.54, 1.807) is 18.3 Å². The molecule has 0 saturated carbocycles. The molecule has 0 bridgehead atoms. The lowest BCUT2D eigenvalue weighted by molar-refractivity contribution is 0.318. The van der Waals surface area contributed by atoms with Crippen molar-refractivity contribution >= 4 is 15.7 Å². The van der Waals surface area contributed by atoms with Crippen molar-refractivity contribution in [3.8, 4) is 0 Å². The van der Waals surface area contributed by atoms with Crippen LogP contribution in [0.5, 0.6) is 0 Å². The molecule has 0 radical (unpaired) electrons. The van der Waals surface area contributed by atoms with Crippen molar-refractivity contribution < 1.29 is 13.6 Å². The zero-order chi connectivity index (χ0) is 14.6. The van der Waals surface area contributed by atoms with Crippen LogP contribution in [-0.4, -0.2) is 42.0 Å². The Balaban J connectivity index is 1.97. The Morgan fingerprint density at radius 3 is 3.10 bits per heavy atom. The third-order valence-electron chi connectivity index (χ3n) is 3.25. The molecule has 0 amide bonds. The first-order valence-corrected chi connectivity index (χ1v) is 8.19. The van der Waals surface area contributed by atoms with E-state index >= 15 is 0 Å². The number of nitrogens with zero attached hydrogens (tertiary/aromatic N) is 2. The molecule has 7 nitrogen and oxygen atoms in total. The lowest BCUT2D eigenvalue weighted by atomic mass is 10.1. The summed E-state index contributed by atoms with van der Waals surface area (Å²) in [5.41, 5.74) is 6.77. The summed E-state index contributed by atoms with van der Waals surface area (Å²) in [5, 5.41) is 14.7. The highest BCUT2D eigenvalue weighted by Crippen LogP contribution is 2.12. The molecule has 0 aliphatic carbocycles. The molecule has 1 aromatic heterocycles. The van der Waals surface area contributed by atoms with Crippen LogP contribution in [0.3, 0.4) is 0 Å². The summed E-state index contributed by atoms with van der Waals surface area (Å²) in [4.78, 5) is 3.99. The number of hydrogen-bond acceptors (Lipinski definition) is 6. The van der Waals surface area contributed by atoms with Crippen LogP contribution in [-0.2, 0) is 16.4 Å². The molecule has 1 aromatic rings. The van der Waals surface area contributed by atoms with Gasteiger partial charge in [-0.05, 0) is 30.5 Å². The third kappa shape index (κ3) is 3.91. The lowest BCUT2D eigenvalue weighted by Crippen LogP contribution is -2.39. The van der Waals surface area contributed by atoms with Gasteiger partial charge in [-0.2, -0.15) is 0 Å². The van der Waals surface area contributed by atoms with Gasteiger partial charge in [0.25, 0.3) is 0 Å². The van der Waals surface area contributed by atoms with Gasteiger partial charge in [-0.3, -0.25) is 4.98 Å². The summed E-state index contributed by atoms with van der Waals surface area (Å²) >= 11 is 0. The molecule has 1 fully saturated rings. The molecule has 110 valence electrons. The number of rotatable bonds is 4. The maximum atomic E-state index is 11.5. The second-order valence-corrected chi connectivity index (χ2v) is 7.10. The maximum absolute atomic E-state index is 11.5. The Labute approximate surface area is 117 Å². The minimum atomic E-state index is -2.91. The zero-order valence-electron chi connectivity index (χ0n) is 11.0. The second kappa shape index (κ2) is 6.19.